The normalized spacial score (nSPS) is 17.6. The van der Waals surface area contributed by atoms with Crippen molar-refractivity contribution in [3.63, 3.8) is 0 Å². The zero-order chi connectivity index (χ0) is 23.9. The molecule has 184 valence electrons. The number of nitrogens with zero attached hydrogens (tertiary/aromatic N) is 3. The summed E-state index contributed by atoms with van der Waals surface area (Å²) in [6, 6.07) is 23.3. The summed E-state index contributed by atoms with van der Waals surface area (Å²) in [6.07, 6.45) is 7.29. The van der Waals surface area contributed by atoms with Gasteiger partial charge in [-0.25, -0.2) is 4.98 Å². The number of pyridine rings is 1. The average molecular weight is 471 g/mol. The fraction of sp³-hybridized carbons (Fsp3) is 0.433. The Morgan fingerprint density at radius 2 is 1.46 bits per heavy atom. The van der Waals surface area contributed by atoms with E-state index in [9.17, 15) is 0 Å². The van der Waals surface area contributed by atoms with Crippen molar-refractivity contribution in [1.29, 1.82) is 0 Å². The van der Waals surface area contributed by atoms with Crippen LogP contribution in [0.3, 0.4) is 0 Å². The van der Waals surface area contributed by atoms with Gasteiger partial charge in [-0.1, -0.05) is 42.5 Å². The molecule has 2 aliphatic rings. The first-order valence-corrected chi connectivity index (χ1v) is 13.2. The molecule has 1 aromatic heterocycles. The number of aromatic nitrogens is 1. The molecule has 35 heavy (non-hydrogen) atoms. The third-order valence-electron chi connectivity index (χ3n) is 7.43. The second-order valence-electron chi connectivity index (χ2n) is 9.97. The van der Waals surface area contributed by atoms with E-state index in [1.807, 2.05) is 18.2 Å². The first kappa shape index (κ1) is 23.8. The molecule has 1 saturated heterocycles. The van der Waals surface area contributed by atoms with Gasteiger partial charge in [0.1, 0.15) is 11.6 Å². The quantitative estimate of drug-likeness (QED) is 0.474. The van der Waals surface area contributed by atoms with Gasteiger partial charge in [0.2, 0.25) is 0 Å². The lowest BCUT2D eigenvalue weighted by Crippen LogP contribution is -2.47. The van der Waals surface area contributed by atoms with Crippen LogP contribution in [0.15, 0.2) is 66.7 Å². The van der Waals surface area contributed by atoms with Crippen molar-refractivity contribution < 1.29 is 4.74 Å². The number of anilines is 1. The Morgan fingerprint density at radius 1 is 0.771 bits per heavy atom. The summed E-state index contributed by atoms with van der Waals surface area (Å²) in [7, 11) is 0. The summed E-state index contributed by atoms with van der Waals surface area (Å²) in [4.78, 5) is 9.76. The number of hydrogen-bond acceptors (Lipinski definition) is 5. The molecule has 0 atom stereocenters. The first-order chi connectivity index (χ1) is 17.2. The van der Waals surface area contributed by atoms with Crippen molar-refractivity contribution in [2.45, 2.75) is 44.6 Å². The lowest BCUT2D eigenvalue weighted by molar-refractivity contribution is 0.134. The number of piperazine rings is 1. The van der Waals surface area contributed by atoms with Crippen molar-refractivity contribution in [1.82, 2.24) is 14.8 Å². The molecule has 3 aromatic rings. The largest absolute Gasteiger partial charge is 0.490 e. The molecule has 5 nitrogen and oxygen atoms in total. The number of nitrogens with two attached hydrogens (primary N) is 1. The van der Waals surface area contributed by atoms with Gasteiger partial charge in [-0.05, 0) is 73.9 Å². The van der Waals surface area contributed by atoms with E-state index in [0.29, 0.717) is 11.9 Å². The topological polar surface area (TPSA) is 54.6 Å². The highest BCUT2D eigenvalue weighted by Gasteiger charge is 2.20. The third-order valence-corrected chi connectivity index (χ3v) is 7.43. The molecule has 0 amide bonds. The molecule has 0 unspecified atom stereocenters. The van der Waals surface area contributed by atoms with E-state index < -0.39 is 0 Å². The minimum absolute atomic E-state index is 0.314. The Labute approximate surface area is 209 Å². The van der Waals surface area contributed by atoms with E-state index in [4.69, 9.17) is 10.5 Å². The zero-order valence-electron chi connectivity index (χ0n) is 20.7. The van der Waals surface area contributed by atoms with Crippen LogP contribution >= 0.6 is 0 Å². The van der Waals surface area contributed by atoms with Gasteiger partial charge in [-0.3, -0.25) is 0 Å². The minimum Gasteiger partial charge on any atom is -0.490 e. The standard InChI is InChI=1S/C30H38N4O/c31-30-12-6-11-28(32-30)27-14-13-25(23-29(27)35-26-9-4-5-10-26)16-18-34-21-19-33(20-22-34)17-15-24-7-2-1-3-8-24/h1-3,6-8,11-14,23,26H,4-5,9-10,15-22H2,(H2,31,32). The van der Waals surface area contributed by atoms with E-state index in [1.165, 1.54) is 24.0 Å². The summed E-state index contributed by atoms with van der Waals surface area (Å²) in [6.45, 7) is 6.84. The predicted octanol–water partition coefficient (Wildman–Crippen LogP) is 5.06. The van der Waals surface area contributed by atoms with Crippen molar-refractivity contribution in [2.24, 2.45) is 0 Å². The summed E-state index contributed by atoms with van der Waals surface area (Å²) < 4.78 is 6.51. The maximum atomic E-state index is 6.51. The second kappa shape index (κ2) is 11.7. The van der Waals surface area contributed by atoms with Gasteiger partial charge in [0.15, 0.2) is 0 Å². The van der Waals surface area contributed by atoms with Crippen LogP contribution in [0.5, 0.6) is 5.75 Å². The first-order valence-electron chi connectivity index (χ1n) is 13.2. The van der Waals surface area contributed by atoms with E-state index in [0.717, 1.165) is 82.0 Å². The van der Waals surface area contributed by atoms with Gasteiger partial charge in [0.25, 0.3) is 0 Å². The van der Waals surface area contributed by atoms with Gasteiger partial charge < -0.3 is 20.3 Å². The summed E-state index contributed by atoms with van der Waals surface area (Å²) in [5.41, 5.74) is 10.7. The molecule has 1 aliphatic heterocycles. The lowest BCUT2D eigenvalue weighted by atomic mass is 10.0. The predicted molar refractivity (Wildman–Crippen MR) is 144 cm³/mol. The third kappa shape index (κ3) is 6.62. The number of ether oxygens (including phenoxy) is 1. The van der Waals surface area contributed by atoms with Crippen LogP contribution in [0.25, 0.3) is 11.3 Å². The molecule has 2 heterocycles. The van der Waals surface area contributed by atoms with Gasteiger partial charge in [-0.2, -0.15) is 0 Å². The molecular formula is C30H38N4O. The summed E-state index contributed by atoms with van der Waals surface area (Å²) in [5.74, 6) is 1.50. The summed E-state index contributed by atoms with van der Waals surface area (Å²) >= 11 is 0. The monoisotopic (exact) mass is 470 g/mol. The van der Waals surface area contributed by atoms with Crippen molar-refractivity contribution in [2.75, 3.05) is 45.0 Å². The maximum absolute atomic E-state index is 6.51. The van der Waals surface area contributed by atoms with Gasteiger partial charge in [-0.15, -0.1) is 0 Å². The Bertz CT molecular complexity index is 1070. The Kier molecular flexibility index (Phi) is 7.96. The number of hydrogen-bond donors (Lipinski definition) is 1. The average Bonchev–Trinajstić information content (AvgIpc) is 3.41. The van der Waals surface area contributed by atoms with Crippen molar-refractivity contribution in [3.8, 4) is 17.0 Å². The SMILES string of the molecule is Nc1cccc(-c2ccc(CCN3CCN(CCc4ccccc4)CC3)cc2OC2CCCC2)n1. The molecule has 0 bridgehead atoms. The Balaban J connectivity index is 1.17. The van der Waals surface area contributed by atoms with Crippen LogP contribution in [-0.2, 0) is 12.8 Å². The molecular weight excluding hydrogens is 432 g/mol. The van der Waals surface area contributed by atoms with Gasteiger partial charge in [0, 0.05) is 44.8 Å². The smallest absolute Gasteiger partial charge is 0.129 e. The minimum atomic E-state index is 0.314. The van der Waals surface area contributed by atoms with Gasteiger partial charge in [0.05, 0.1) is 11.8 Å². The zero-order valence-corrected chi connectivity index (χ0v) is 20.7. The molecule has 0 spiro atoms. The van der Waals surface area contributed by atoms with E-state index >= 15 is 0 Å². The Morgan fingerprint density at radius 3 is 2.14 bits per heavy atom. The van der Waals surface area contributed by atoms with Crippen LogP contribution in [0.1, 0.15) is 36.8 Å². The van der Waals surface area contributed by atoms with Crippen LogP contribution in [0, 0.1) is 0 Å². The molecule has 1 saturated carbocycles. The second-order valence-corrected chi connectivity index (χ2v) is 9.97. The molecule has 5 rings (SSSR count). The number of nitrogen functional groups attached to an aromatic ring is 1. The molecule has 2 fully saturated rings. The van der Waals surface area contributed by atoms with E-state index in [1.54, 1.807) is 0 Å². The van der Waals surface area contributed by atoms with E-state index in [-0.39, 0.29) is 0 Å². The molecule has 2 N–H and O–H groups in total. The highest BCUT2D eigenvalue weighted by molar-refractivity contribution is 5.69. The van der Waals surface area contributed by atoms with Crippen molar-refractivity contribution >= 4 is 5.82 Å². The van der Waals surface area contributed by atoms with E-state index in [2.05, 4.69) is 63.3 Å². The number of benzene rings is 2. The van der Waals surface area contributed by atoms with Gasteiger partial charge >= 0.3 is 0 Å². The fourth-order valence-corrected chi connectivity index (χ4v) is 5.27. The molecule has 0 radical (unpaired) electrons. The highest BCUT2D eigenvalue weighted by atomic mass is 16.5. The van der Waals surface area contributed by atoms with Crippen LogP contribution in [0.2, 0.25) is 0 Å². The molecule has 5 heteroatoms. The van der Waals surface area contributed by atoms with Crippen LogP contribution < -0.4 is 10.5 Å². The summed E-state index contributed by atoms with van der Waals surface area (Å²) in [5, 5.41) is 0. The Hall–Kier alpha value is -2.89. The lowest BCUT2D eigenvalue weighted by Gasteiger charge is -2.34. The van der Waals surface area contributed by atoms with Crippen LogP contribution in [0.4, 0.5) is 5.82 Å². The highest BCUT2D eigenvalue weighted by Crippen LogP contribution is 2.34. The fourth-order valence-electron chi connectivity index (χ4n) is 5.27. The molecule has 1 aliphatic carbocycles. The van der Waals surface area contributed by atoms with Crippen LogP contribution in [-0.4, -0.2) is 60.2 Å². The van der Waals surface area contributed by atoms with Crippen molar-refractivity contribution in [3.05, 3.63) is 77.9 Å². The molecule has 2 aromatic carbocycles. The maximum Gasteiger partial charge on any atom is 0.129 e. The number of rotatable bonds is 9.